The van der Waals surface area contributed by atoms with Gasteiger partial charge in [-0.3, -0.25) is 0 Å². The highest BCUT2D eigenvalue weighted by molar-refractivity contribution is 7.18. The van der Waals surface area contributed by atoms with E-state index in [0.29, 0.717) is 13.2 Å². The number of fused-ring (bicyclic) bond motifs is 1. The van der Waals surface area contributed by atoms with E-state index in [-0.39, 0.29) is 6.03 Å². The number of hydrogen-bond acceptors (Lipinski definition) is 4. The highest BCUT2D eigenvalue weighted by Crippen LogP contribution is 2.24. The summed E-state index contributed by atoms with van der Waals surface area (Å²) in [6.07, 6.45) is 0. The lowest BCUT2D eigenvalue weighted by molar-refractivity contribution is 0.207. The minimum Gasteiger partial charge on any atom is -0.492 e. The summed E-state index contributed by atoms with van der Waals surface area (Å²) in [7, 11) is 1.75. The van der Waals surface area contributed by atoms with E-state index in [0.717, 1.165) is 26.7 Å². The number of carbonyl (C=O) groups excluding carboxylic acids is 1. The van der Waals surface area contributed by atoms with Gasteiger partial charge in [0.1, 0.15) is 12.4 Å². The van der Waals surface area contributed by atoms with Gasteiger partial charge in [-0.25, -0.2) is 9.78 Å². The van der Waals surface area contributed by atoms with Crippen LogP contribution in [0.3, 0.4) is 0 Å². The van der Waals surface area contributed by atoms with E-state index in [1.54, 1.807) is 23.3 Å². The van der Waals surface area contributed by atoms with Gasteiger partial charge in [0.25, 0.3) is 0 Å². The number of amides is 2. The Kier molecular flexibility index (Phi) is 4.96. The first-order chi connectivity index (χ1) is 11.6. The molecule has 0 spiro atoms. The summed E-state index contributed by atoms with van der Waals surface area (Å²) in [4.78, 5) is 18.3. The van der Waals surface area contributed by atoms with E-state index < -0.39 is 0 Å². The largest absolute Gasteiger partial charge is 0.492 e. The van der Waals surface area contributed by atoms with Crippen LogP contribution in [0.1, 0.15) is 5.01 Å². The molecule has 1 heterocycles. The van der Waals surface area contributed by atoms with Crippen molar-refractivity contribution >= 4 is 33.3 Å². The summed E-state index contributed by atoms with van der Waals surface area (Å²) in [5.41, 5.74) is 1.73. The minimum absolute atomic E-state index is 0.160. The Hall–Kier alpha value is -2.60. The van der Waals surface area contributed by atoms with Crippen LogP contribution in [0.2, 0.25) is 0 Å². The van der Waals surface area contributed by atoms with Gasteiger partial charge in [0, 0.05) is 12.7 Å². The first-order valence-corrected chi connectivity index (χ1v) is 8.50. The third-order valence-corrected chi connectivity index (χ3v) is 4.47. The second-order valence-corrected chi connectivity index (χ2v) is 6.66. The second kappa shape index (κ2) is 7.31. The van der Waals surface area contributed by atoms with Gasteiger partial charge in [-0.1, -0.05) is 18.2 Å². The second-order valence-electron chi connectivity index (χ2n) is 5.43. The van der Waals surface area contributed by atoms with Crippen molar-refractivity contribution in [2.45, 2.75) is 6.92 Å². The molecule has 1 aromatic heterocycles. The zero-order valence-corrected chi connectivity index (χ0v) is 14.5. The molecule has 3 rings (SSSR count). The maximum absolute atomic E-state index is 12.2. The zero-order valence-electron chi connectivity index (χ0n) is 13.7. The number of hydrogen-bond donors (Lipinski definition) is 1. The van der Waals surface area contributed by atoms with Crippen LogP contribution >= 0.6 is 11.3 Å². The van der Waals surface area contributed by atoms with Gasteiger partial charge in [-0.2, -0.15) is 0 Å². The van der Waals surface area contributed by atoms with Gasteiger partial charge in [-0.15, -0.1) is 11.3 Å². The van der Waals surface area contributed by atoms with Gasteiger partial charge in [0.15, 0.2) is 0 Å². The fourth-order valence-electron chi connectivity index (χ4n) is 2.26. The van der Waals surface area contributed by atoms with E-state index in [1.165, 1.54) is 0 Å². The topological polar surface area (TPSA) is 54.5 Å². The van der Waals surface area contributed by atoms with Crippen molar-refractivity contribution in [3.8, 4) is 5.75 Å². The first-order valence-electron chi connectivity index (χ1n) is 7.69. The van der Waals surface area contributed by atoms with Crippen molar-refractivity contribution in [1.82, 2.24) is 9.88 Å². The number of urea groups is 1. The van der Waals surface area contributed by atoms with Gasteiger partial charge in [0.05, 0.1) is 21.8 Å². The fourth-order valence-corrected chi connectivity index (χ4v) is 3.12. The number of para-hydroxylation sites is 1. The van der Waals surface area contributed by atoms with Gasteiger partial charge < -0.3 is 15.0 Å². The lowest BCUT2D eigenvalue weighted by Gasteiger charge is -2.18. The number of ether oxygens (including phenoxy) is 1. The molecular formula is C18H19N3O2S. The number of rotatable bonds is 5. The SMILES string of the molecule is Cc1nc2ccc(NC(=O)N(C)CCOc3ccccc3)cc2s1. The number of nitrogens with one attached hydrogen (secondary N) is 1. The number of thiazole rings is 1. The highest BCUT2D eigenvalue weighted by atomic mass is 32.1. The molecule has 3 aromatic rings. The van der Waals surface area contributed by atoms with Crippen LogP contribution in [-0.4, -0.2) is 36.1 Å². The zero-order chi connectivity index (χ0) is 16.9. The summed E-state index contributed by atoms with van der Waals surface area (Å²) >= 11 is 1.62. The van der Waals surface area contributed by atoms with E-state index in [9.17, 15) is 4.79 Å². The number of aromatic nitrogens is 1. The predicted octanol–water partition coefficient (Wildman–Crippen LogP) is 4.15. The lowest BCUT2D eigenvalue weighted by Crippen LogP contribution is -2.34. The molecule has 0 atom stereocenters. The van der Waals surface area contributed by atoms with Crippen LogP contribution in [0.25, 0.3) is 10.2 Å². The third kappa shape index (κ3) is 4.02. The molecule has 0 bridgehead atoms. The van der Waals surface area contributed by atoms with Crippen LogP contribution in [0.5, 0.6) is 5.75 Å². The van der Waals surface area contributed by atoms with Gasteiger partial charge in [0.2, 0.25) is 0 Å². The Balaban J connectivity index is 1.53. The molecule has 24 heavy (non-hydrogen) atoms. The van der Waals surface area contributed by atoms with Crippen molar-refractivity contribution in [2.75, 3.05) is 25.5 Å². The molecule has 2 aromatic carbocycles. The molecule has 2 amide bonds. The number of likely N-dealkylation sites (N-methyl/N-ethyl adjacent to an activating group) is 1. The van der Waals surface area contributed by atoms with Crippen molar-refractivity contribution in [3.63, 3.8) is 0 Å². The van der Waals surface area contributed by atoms with Crippen LogP contribution in [-0.2, 0) is 0 Å². The van der Waals surface area contributed by atoms with E-state index >= 15 is 0 Å². The third-order valence-electron chi connectivity index (χ3n) is 3.53. The molecular weight excluding hydrogens is 322 g/mol. The Labute approximate surface area is 144 Å². The lowest BCUT2D eigenvalue weighted by atomic mass is 10.3. The quantitative estimate of drug-likeness (QED) is 0.758. The normalized spacial score (nSPS) is 10.6. The van der Waals surface area contributed by atoms with Crippen LogP contribution in [0.4, 0.5) is 10.5 Å². The monoisotopic (exact) mass is 341 g/mol. The fraction of sp³-hybridized carbons (Fsp3) is 0.222. The van der Waals surface area contributed by atoms with Crippen LogP contribution in [0.15, 0.2) is 48.5 Å². The first kappa shape index (κ1) is 16.3. The average molecular weight is 341 g/mol. The molecule has 0 aliphatic heterocycles. The molecule has 124 valence electrons. The van der Waals surface area contributed by atoms with Crippen molar-refractivity contribution in [1.29, 1.82) is 0 Å². The van der Waals surface area contributed by atoms with Crippen molar-refractivity contribution in [2.24, 2.45) is 0 Å². The average Bonchev–Trinajstić information content (AvgIpc) is 2.95. The maximum atomic E-state index is 12.2. The summed E-state index contributed by atoms with van der Waals surface area (Å²) in [5, 5.41) is 3.92. The Bertz CT molecular complexity index is 833. The molecule has 5 nitrogen and oxygen atoms in total. The summed E-state index contributed by atoms with van der Waals surface area (Å²) < 4.78 is 6.68. The molecule has 0 radical (unpaired) electrons. The summed E-state index contributed by atoms with van der Waals surface area (Å²) in [6, 6.07) is 15.2. The molecule has 0 saturated heterocycles. The van der Waals surface area contributed by atoms with Crippen LogP contribution in [0, 0.1) is 6.92 Å². The number of anilines is 1. The molecule has 1 N–H and O–H groups in total. The number of carbonyl (C=O) groups is 1. The molecule has 0 saturated carbocycles. The smallest absolute Gasteiger partial charge is 0.321 e. The van der Waals surface area contributed by atoms with Gasteiger partial charge >= 0.3 is 6.03 Å². The Morgan fingerprint density at radius 1 is 1.25 bits per heavy atom. The number of benzene rings is 2. The Morgan fingerprint density at radius 2 is 2.04 bits per heavy atom. The molecule has 0 aliphatic carbocycles. The van der Waals surface area contributed by atoms with Crippen molar-refractivity contribution in [3.05, 3.63) is 53.5 Å². The van der Waals surface area contributed by atoms with Crippen molar-refractivity contribution < 1.29 is 9.53 Å². The van der Waals surface area contributed by atoms with E-state index in [4.69, 9.17) is 4.74 Å². The summed E-state index contributed by atoms with van der Waals surface area (Å²) in [5.74, 6) is 0.803. The summed E-state index contributed by atoms with van der Waals surface area (Å²) in [6.45, 7) is 2.92. The predicted molar refractivity (Wildman–Crippen MR) is 97.9 cm³/mol. The Morgan fingerprint density at radius 3 is 2.83 bits per heavy atom. The van der Waals surface area contributed by atoms with E-state index in [2.05, 4.69) is 10.3 Å². The molecule has 0 aliphatic rings. The standard InChI is InChI=1S/C18H19N3O2S/c1-13-19-16-9-8-14(12-17(16)24-13)20-18(22)21(2)10-11-23-15-6-4-3-5-7-15/h3-9,12H,10-11H2,1-2H3,(H,20,22). The van der Waals surface area contributed by atoms with Gasteiger partial charge in [-0.05, 0) is 37.3 Å². The number of aryl methyl sites for hydroxylation is 1. The van der Waals surface area contributed by atoms with E-state index in [1.807, 2.05) is 55.5 Å². The number of nitrogens with zero attached hydrogens (tertiary/aromatic N) is 2. The van der Waals surface area contributed by atoms with Crippen LogP contribution < -0.4 is 10.1 Å². The molecule has 0 unspecified atom stereocenters. The maximum Gasteiger partial charge on any atom is 0.321 e. The molecule has 0 fully saturated rings. The highest BCUT2D eigenvalue weighted by Gasteiger charge is 2.10. The molecule has 6 heteroatoms. The minimum atomic E-state index is -0.160.